The molecule has 0 fully saturated rings. The maximum atomic E-state index is 5.89. The van der Waals surface area contributed by atoms with E-state index in [1.54, 1.807) is 29.5 Å². The topological polar surface area (TPSA) is 22.1 Å². The highest BCUT2D eigenvalue weighted by Crippen LogP contribution is 2.24. The third-order valence-corrected chi connectivity index (χ3v) is 4.04. The van der Waals surface area contributed by atoms with Crippen LogP contribution in [0.25, 0.3) is 0 Å². The lowest BCUT2D eigenvalue weighted by atomic mass is 10.3. The number of rotatable bonds is 6. The summed E-state index contributed by atoms with van der Waals surface area (Å²) in [6.07, 6.45) is 1.77. The van der Waals surface area contributed by atoms with Crippen molar-refractivity contribution >= 4 is 46.1 Å². The fourth-order valence-corrected chi connectivity index (χ4v) is 3.13. The molecule has 0 spiro atoms. The number of ether oxygens (including phenoxy) is 1. The monoisotopic (exact) mass is 335 g/mol. The van der Waals surface area contributed by atoms with Gasteiger partial charge in [0.25, 0.3) is 0 Å². The van der Waals surface area contributed by atoms with Crippen molar-refractivity contribution in [2.24, 2.45) is 0 Å². The Bertz CT molecular complexity index is 524. The van der Waals surface area contributed by atoms with Crippen LogP contribution < -0.4 is 4.74 Å². The van der Waals surface area contributed by atoms with Crippen molar-refractivity contribution < 1.29 is 4.74 Å². The van der Waals surface area contributed by atoms with Crippen LogP contribution >= 0.6 is 46.1 Å². The number of benzene rings is 1. The predicted octanol–water partition coefficient (Wildman–Crippen LogP) is 5.20. The second-order valence-corrected chi connectivity index (χ2v) is 6.01. The van der Waals surface area contributed by atoms with Crippen molar-refractivity contribution in [3.8, 4) is 5.75 Å². The Morgan fingerprint density at radius 1 is 1.16 bits per heavy atom. The van der Waals surface area contributed by atoms with Gasteiger partial charge in [0.05, 0.1) is 23.2 Å². The molecule has 1 heterocycles. The molecule has 2 nitrogen and oxygen atoms in total. The molecule has 0 aliphatic carbocycles. The number of nitrogens with zero attached hydrogens (tertiary/aromatic N) is 1. The molecule has 0 saturated heterocycles. The van der Waals surface area contributed by atoms with Crippen LogP contribution in [-0.2, 0) is 12.3 Å². The largest absolute Gasteiger partial charge is 0.493 e. The first-order valence-electron chi connectivity index (χ1n) is 5.75. The van der Waals surface area contributed by atoms with Gasteiger partial charge in [-0.05, 0) is 24.6 Å². The lowest BCUT2D eigenvalue weighted by Crippen LogP contribution is -1.99. The molecule has 0 aliphatic rings. The van der Waals surface area contributed by atoms with Crippen LogP contribution in [-0.4, -0.2) is 11.6 Å². The summed E-state index contributed by atoms with van der Waals surface area (Å²) in [4.78, 5) is 4.39. The Labute approximate surface area is 131 Å². The molecule has 0 radical (unpaired) electrons. The molecule has 1 aromatic carbocycles. The third kappa shape index (κ3) is 4.84. The molecule has 0 atom stereocenters. The Morgan fingerprint density at radius 3 is 2.53 bits per heavy atom. The van der Waals surface area contributed by atoms with Gasteiger partial charge in [-0.15, -0.1) is 22.9 Å². The van der Waals surface area contributed by atoms with Gasteiger partial charge in [0.1, 0.15) is 5.75 Å². The maximum absolute atomic E-state index is 5.89. The Kier molecular flexibility index (Phi) is 5.76. The van der Waals surface area contributed by atoms with Gasteiger partial charge in [0.15, 0.2) is 0 Å². The average molecular weight is 337 g/mol. The molecule has 102 valence electrons. The van der Waals surface area contributed by atoms with Crippen molar-refractivity contribution in [1.29, 1.82) is 0 Å². The van der Waals surface area contributed by atoms with Crippen LogP contribution in [0.5, 0.6) is 5.75 Å². The molecule has 2 aromatic rings. The van der Waals surface area contributed by atoms with E-state index in [4.69, 9.17) is 39.5 Å². The molecule has 0 bridgehead atoms. The summed E-state index contributed by atoms with van der Waals surface area (Å²) in [5, 5.41) is 4.23. The number of halogens is 3. The van der Waals surface area contributed by atoms with Crippen LogP contribution in [0.2, 0.25) is 10.0 Å². The second-order valence-electron chi connectivity index (χ2n) is 3.92. The molecular formula is C13H12Cl3NOS. The molecule has 1 aromatic heterocycles. The lowest BCUT2D eigenvalue weighted by molar-refractivity contribution is 0.311. The fourth-order valence-electron chi connectivity index (χ4n) is 1.55. The number of hydrogen-bond donors (Lipinski definition) is 0. The Morgan fingerprint density at radius 2 is 1.89 bits per heavy atom. The van der Waals surface area contributed by atoms with Crippen molar-refractivity contribution in [3.63, 3.8) is 0 Å². The molecule has 0 saturated carbocycles. The number of aromatic nitrogens is 1. The molecule has 19 heavy (non-hydrogen) atoms. The van der Waals surface area contributed by atoms with E-state index in [0.29, 0.717) is 28.3 Å². The summed E-state index contributed by atoms with van der Waals surface area (Å²) < 4.78 is 5.60. The standard InChI is InChI=1S/C13H12Cl3NOS/c14-7-11-8-19-13(17-11)2-1-3-18-12-5-9(15)4-10(16)6-12/h4-6,8H,1-3,7H2. The normalized spacial score (nSPS) is 10.7. The smallest absolute Gasteiger partial charge is 0.122 e. The van der Waals surface area contributed by atoms with E-state index in [-0.39, 0.29) is 0 Å². The predicted molar refractivity (Wildman–Crippen MR) is 81.9 cm³/mol. The van der Waals surface area contributed by atoms with Gasteiger partial charge in [0, 0.05) is 21.8 Å². The van der Waals surface area contributed by atoms with E-state index in [0.717, 1.165) is 23.5 Å². The summed E-state index contributed by atoms with van der Waals surface area (Å²) >= 11 is 19.1. The zero-order valence-electron chi connectivity index (χ0n) is 10.0. The average Bonchev–Trinajstić information content (AvgIpc) is 2.81. The van der Waals surface area contributed by atoms with E-state index in [9.17, 15) is 0 Å². The van der Waals surface area contributed by atoms with Crippen molar-refractivity contribution in [2.45, 2.75) is 18.7 Å². The van der Waals surface area contributed by atoms with Gasteiger partial charge in [0.2, 0.25) is 0 Å². The first-order valence-corrected chi connectivity index (χ1v) is 7.92. The minimum atomic E-state index is 0.466. The highest BCUT2D eigenvalue weighted by Gasteiger charge is 2.02. The van der Waals surface area contributed by atoms with Gasteiger partial charge in [-0.1, -0.05) is 23.2 Å². The van der Waals surface area contributed by atoms with E-state index in [1.165, 1.54) is 0 Å². The number of thiazole rings is 1. The van der Waals surface area contributed by atoms with Crippen molar-refractivity contribution in [3.05, 3.63) is 44.3 Å². The van der Waals surface area contributed by atoms with Crippen LogP contribution in [0.1, 0.15) is 17.1 Å². The van der Waals surface area contributed by atoms with E-state index in [1.807, 2.05) is 5.38 Å². The summed E-state index contributed by atoms with van der Waals surface area (Å²) in [6, 6.07) is 5.18. The first kappa shape index (κ1) is 14.9. The van der Waals surface area contributed by atoms with Gasteiger partial charge in [-0.25, -0.2) is 4.98 Å². The molecule has 0 N–H and O–H groups in total. The van der Waals surface area contributed by atoms with Gasteiger partial charge < -0.3 is 4.74 Å². The summed E-state index contributed by atoms with van der Waals surface area (Å²) in [5.41, 5.74) is 0.934. The molecular weight excluding hydrogens is 325 g/mol. The Balaban J connectivity index is 1.77. The number of aryl methyl sites for hydroxylation is 1. The quantitative estimate of drug-likeness (QED) is 0.534. The van der Waals surface area contributed by atoms with Crippen LogP contribution in [0.15, 0.2) is 23.6 Å². The fraction of sp³-hybridized carbons (Fsp3) is 0.308. The van der Waals surface area contributed by atoms with Crippen LogP contribution in [0, 0.1) is 0 Å². The van der Waals surface area contributed by atoms with E-state index < -0.39 is 0 Å². The van der Waals surface area contributed by atoms with Crippen LogP contribution in [0.3, 0.4) is 0 Å². The molecule has 6 heteroatoms. The summed E-state index contributed by atoms with van der Waals surface area (Å²) in [7, 11) is 0. The van der Waals surface area contributed by atoms with E-state index in [2.05, 4.69) is 4.98 Å². The Hall–Kier alpha value is -0.480. The minimum Gasteiger partial charge on any atom is -0.493 e. The maximum Gasteiger partial charge on any atom is 0.122 e. The van der Waals surface area contributed by atoms with E-state index >= 15 is 0 Å². The molecule has 0 amide bonds. The highest BCUT2D eigenvalue weighted by atomic mass is 35.5. The van der Waals surface area contributed by atoms with Crippen molar-refractivity contribution in [2.75, 3.05) is 6.61 Å². The summed E-state index contributed by atoms with van der Waals surface area (Å²) in [5.74, 6) is 1.16. The first-order chi connectivity index (χ1) is 9.17. The molecule has 0 aliphatic heterocycles. The zero-order valence-corrected chi connectivity index (χ0v) is 13.1. The van der Waals surface area contributed by atoms with Gasteiger partial charge >= 0.3 is 0 Å². The lowest BCUT2D eigenvalue weighted by Gasteiger charge is -2.06. The van der Waals surface area contributed by atoms with Crippen LogP contribution in [0.4, 0.5) is 0 Å². The third-order valence-electron chi connectivity index (χ3n) is 2.38. The van der Waals surface area contributed by atoms with Crippen molar-refractivity contribution in [1.82, 2.24) is 4.98 Å². The number of hydrogen-bond acceptors (Lipinski definition) is 3. The van der Waals surface area contributed by atoms with Gasteiger partial charge in [-0.3, -0.25) is 0 Å². The zero-order chi connectivity index (χ0) is 13.7. The SMILES string of the molecule is ClCc1csc(CCCOc2cc(Cl)cc(Cl)c2)n1. The second kappa shape index (κ2) is 7.34. The van der Waals surface area contributed by atoms with Gasteiger partial charge in [-0.2, -0.15) is 0 Å². The summed E-state index contributed by atoms with van der Waals surface area (Å²) in [6.45, 7) is 0.604. The minimum absolute atomic E-state index is 0.466. The molecule has 0 unspecified atom stereocenters. The number of alkyl halides is 1. The highest BCUT2D eigenvalue weighted by molar-refractivity contribution is 7.09. The molecule has 2 rings (SSSR count).